The van der Waals surface area contributed by atoms with Gasteiger partial charge < -0.3 is 20.1 Å². The molecule has 1 amide bonds. The highest BCUT2D eigenvalue weighted by molar-refractivity contribution is 7.09. The highest BCUT2D eigenvalue weighted by Crippen LogP contribution is 2.26. The summed E-state index contributed by atoms with van der Waals surface area (Å²) in [5.74, 6) is -0.202. The van der Waals surface area contributed by atoms with Crippen LogP contribution in [0.5, 0.6) is 5.75 Å². The van der Waals surface area contributed by atoms with E-state index >= 15 is 0 Å². The predicted molar refractivity (Wildman–Crippen MR) is 98.6 cm³/mol. The van der Waals surface area contributed by atoms with E-state index in [4.69, 9.17) is 4.74 Å². The molecule has 2 N–H and O–H groups in total. The smallest absolute Gasteiger partial charge is 0.256 e. The third-order valence-corrected chi connectivity index (χ3v) is 5.49. The number of halogens is 1. The van der Waals surface area contributed by atoms with Crippen LogP contribution < -0.4 is 10.1 Å². The Hall–Kier alpha value is -1.96. The number of benzene rings is 1. The summed E-state index contributed by atoms with van der Waals surface area (Å²) >= 11 is 1.62. The number of carbonyl (C=O) groups excluding carboxylic acids is 1. The van der Waals surface area contributed by atoms with Crippen LogP contribution in [0.15, 0.2) is 35.7 Å². The maximum Gasteiger partial charge on any atom is 0.256 e. The molecule has 2 aromatic rings. The summed E-state index contributed by atoms with van der Waals surface area (Å²) in [6.07, 6.45) is 1.08. The SMILES string of the molecule is COc1ccc(F)c(CN2CCC[C@](O)(CNCc3cccs3)C2=O)c1. The van der Waals surface area contributed by atoms with E-state index in [9.17, 15) is 14.3 Å². The van der Waals surface area contributed by atoms with Gasteiger partial charge in [0.1, 0.15) is 11.6 Å². The molecule has 2 heterocycles. The number of rotatable bonds is 7. The first-order valence-electron chi connectivity index (χ1n) is 8.59. The summed E-state index contributed by atoms with van der Waals surface area (Å²) in [5.41, 5.74) is -1.07. The van der Waals surface area contributed by atoms with Crippen molar-refractivity contribution in [2.24, 2.45) is 0 Å². The normalized spacial score (nSPS) is 20.4. The van der Waals surface area contributed by atoms with Crippen LogP contribution in [-0.4, -0.2) is 41.7 Å². The fraction of sp³-hybridized carbons (Fsp3) is 0.421. The molecule has 1 fully saturated rings. The average Bonchev–Trinajstić information content (AvgIpc) is 3.14. The van der Waals surface area contributed by atoms with E-state index in [0.29, 0.717) is 37.2 Å². The Morgan fingerprint density at radius 3 is 3.00 bits per heavy atom. The largest absolute Gasteiger partial charge is 0.497 e. The number of methoxy groups -OCH3 is 1. The van der Waals surface area contributed by atoms with Crippen LogP contribution >= 0.6 is 11.3 Å². The number of hydrogen-bond donors (Lipinski definition) is 2. The van der Waals surface area contributed by atoms with Crippen LogP contribution in [0.1, 0.15) is 23.3 Å². The minimum absolute atomic E-state index is 0.120. The first kappa shape index (κ1) is 18.8. The van der Waals surface area contributed by atoms with Crippen molar-refractivity contribution in [2.75, 3.05) is 20.2 Å². The van der Waals surface area contributed by atoms with Gasteiger partial charge in [0.15, 0.2) is 5.60 Å². The molecule has 0 unspecified atom stereocenters. The molecule has 3 rings (SSSR count). The van der Waals surface area contributed by atoms with Crippen molar-refractivity contribution < 1.29 is 19.0 Å². The van der Waals surface area contributed by atoms with Gasteiger partial charge in [-0.1, -0.05) is 6.07 Å². The number of carbonyl (C=O) groups is 1. The third-order valence-electron chi connectivity index (χ3n) is 4.61. The third kappa shape index (κ3) is 4.23. The van der Waals surface area contributed by atoms with Crippen molar-refractivity contribution >= 4 is 17.2 Å². The summed E-state index contributed by atoms with van der Waals surface area (Å²) in [5, 5.41) is 16.0. The standard InChI is InChI=1S/C19H23FN2O3S/c1-25-15-5-6-17(20)14(10-15)12-22-8-3-7-19(24,18(22)23)13-21-11-16-4-2-9-26-16/h2,4-6,9-10,21,24H,3,7-8,11-13H2,1H3/t19-/m0/s1. The van der Waals surface area contributed by atoms with E-state index < -0.39 is 5.60 Å². The van der Waals surface area contributed by atoms with Gasteiger partial charge in [-0.2, -0.15) is 0 Å². The van der Waals surface area contributed by atoms with Gasteiger partial charge in [-0.25, -0.2) is 4.39 Å². The summed E-state index contributed by atoms with van der Waals surface area (Å²) in [7, 11) is 1.51. The lowest BCUT2D eigenvalue weighted by Gasteiger charge is -2.38. The fourth-order valence-corrected chi connectivity index (χ4v) is 3.87. The Morgan fingerprint density at radius 2 is 2.27 bits per heavy atom. The molecule has 1 atom stereocenters. The van der Waals surface area contributed by atoms with Gasteiger partial charge in [0.2, 0.25) is 0 Å². The van der Waals surface area contributed by atoms with Gasteiger partial charge in [-0.15, -0.1) is 11.3 Å². The first-order valence-corrected chi connectivity index (χ1v) is 9.47. The second-order valence-electron chi connectivity index (χ2n) is 6.50. The Kier molecular flexibility index (Phi) is 5.90. The highest BCUT2D eigenvalue weighted by atomic mass is 32.1. The lowest BCUT2D eigenvalue weighted by Crippen LogP contribution is -2.57. The molecular formula is C19H23FN2O3S. The molecule has 7 heteroatoms. The molecule has 1 aliphatic heterocycles. The van der Waals surface area contributed by atoms with E-state index in [2.05, 4.69) is 5.32 Å². The number of ether oxygens (including phenoxy) is 1. The molecule has 0 bridgehead atoms. The van der Waals surface area contributed by atoms with Gasteiger partial charge in [-0.05, 0) is 42.5 Å². The molecule has 0 saturated carbocycles. The van der Waals surface area contributed by atoms with Gasteiger partial charge in [0.05, 0.1) is 7.11 Å². The minimum Gasteiger partial charge on any atom is -0.497 e. The van der Waals surface area contributed by atoms with Crippen molar-refractivity contribution in [3.63, 3.8) is 0 Å². The Labute approximate surface area is 156 Å². The summed E-state index contributed by atoms with van der Waals surface area (Å²) < 4.78 is 19.2. The summed E-state index contributed by atoms with van der Waals surface area (Å²) in [6, 6.07) is 8.43. The molecule has 1 aromatic carbocycles. The molecule has 140 valence electrons. The number of aliphatic hydroxyl groups is 1. The predicted octanol–water partition coefficient (Wildman–Crippen LogP) is 2.54. The summed E-state index contributed by atoms with van der Waals surface area (Å²) in [4.78, 5) is 15.5. The zero-order chi connectivity index (χ0) is 18.6. The van der Waals surface area contributed by atoms with E-state index in [-0.39, 0.29) is 24.8 Å². The van der Waals surface area contributed by atoms with E-state index in [1.54, 1.807) is 23.5 Å². The van der Waals surface area contributed by atoms with Gasteiger partial charge in [0, 0.05) is 36.6 Å². The monoisotopic (exact) mass is 378 g/mol. The zero-order valence-electron chi connectivity index (χ0n) is 14.7. The molecule has 26 heavy (non-hydrogen) atoms. The van der Waals surface area contributed by atoms with Crippen LogP contribution in [0.2, 0.25) is 0 Å². The highest BCUT2D eigenvalue weighted by Gasteiger charge is 2.41. The number of nitrogens with zero attached hydrogens (tertiary/aromatic N) is 1. The van der Waals surface area contributed by atoms with Crippen LogP contribution in [0.4, 0.5) is 4.39 Å². The van der Waals surface area contributed by atoms with Crippen molar-refractivity contribution in [2.45, 2.75) is 31.5 Å². The number of nitrogens with one attached hydrogen (secondary N) is 1. The second kappa shape index (κ2) is 8.16. The van der Waals surface area contributed by atoms with Crippen LogP contribution in [0.25, 0.3) is 0 Å². The second-order valence-corrected chi connectivity index (χ2v) is 7.53. The van der Waals surface area contributed by atoms with Crippen molar-refractivity contribution in [3.05, 3.63) is 52.0 Å². The molecule has 1 saturated heterocycles. The number of amides is 1. The molecule has 0 radical (unpaired) electrons. The summed E-state index contributed by atoms with van der Waals surface area (Å²) in [6.45, 7) is 1.41. The molecule has 0 spiro atoms. The van der Waals surface area contributed by atoms with Crippen LogP contribution in [0, 0.1) is 5.82 Å². The topological polar surface area (TPSA) is 61.8 Å². The minimum atomic E-state index is -1.45. The van der Waals surface area contributed by atoms with Gasteiger partial charge >= 0.3 is 0 Å². The number of hydrogen-bond acceptors (Lipinski definition) is 5. The van der Waals surface area contributed by atoms with Gasteiger partial charge in [-0.3, -0.25) is 4.79 Å². The Balaban J connectivity index is 1.65. The van der Waals surface area contributed by atoms with Gasteiger partial charge in [0.25, 0.3) is 5.91 Å². The van der Waals surface area contributed by atoms with Crippen LogP contribution in [-0.2, 0) is 17.9 Å². The van der Waals surface area contributed by atoms with Crippen molar-refractivity contribution in [3.8, 4) is 5.75 Å². The molecule has 5 nitrogen and oxygen atoms in total. The molecular weight excluding hydrogens is 355 g/mol. The number of thiophene rings is 1. The fourth-order valence-electron chi connectivity index (χ4n) is 3.19. The molecule has 0 aliphatic carbocycles. The Morgan fingerprint density at radius 1 is 1.42 bits per heavy atom. The molecule has 1 aromatic heterocycles. The quantitative estimate of drug-likeness (QED) is 0.777. The Bertz CT molecular complexity index is 753. The maximum absolute atomic E-state index is 14.1. The number of piperidine rings is 1. The average molecular weight is 378 g/mol. The van der Waals surface area contributed by atoms with Crippen molar-refractivity contribution in [1.29, 1.82) is 0 Å². The maximum atomic E-state index is 14.1. The lowest BCUT2D eigenvalue weighted by molar-refractivity contribution is -0.157. The zero-order valence-corrected chi connectivity index (χ0v) is 15.5. The molecule has 1 aliphatic rings. The van der Waals surface area contributed by atoms with E-state index in [0.717, 1.165) is 4.88 Å². The van der Waals surface area contributed by atoms with E-state index in [1.807, 2.05) is 17.5 Å². The van der Waals surface area contributed by atoms with Crippen LogP contribution in [0.3, 0.4) is 0 Å². The number of likely N-dealkylation sites (tertiary alicyclic amines) is 1. The first-order chi connectivity index (χ1) is 12.5. The van der Waals surface area contributed by atoms with Crippen molar-refractivity contribution in [1.82, 2.24) is 10.2 Å². The van der Waals surface area contributed by atoms with E-state index in [1.165, 1.54) is 18.1 Å². The lowest BCUT2D eigenvalue weighted by atomic mass is 9.91.